The first-order valence-corrected chi connectivity index (χ1v) is 4.40. The summed E-state index contributed by atoms with van der Waals surface area (Å²) >= 11 is 0. The number of piperidine rings is 1. The van der Waals surface area contributed by atoms with Crippen molar-refractivity contribution >= 4 is 5.97 Å². The molecule has 0 amide bonds. The summed E-state index contributed by atoms with van der Waals surface area (Å²) in [7, 11) is 1.45. The van der Waals surface area contributed by atoms with Gasteiger partial charge in [0.2, 0.25) is 0 Å². The molecule has 1 N–H and O–H groups in total. The molecule has 0 aromatic rings. The molecule has 3 atom stereocenters. The number of carbonyl (C=O) groups excluding carboxylic acids is 1. The van der Waals surface area contributed by atoms with Crippen molar-refractivity contribution in [2.24, 2.45) is 17.3 Å². The quantitative estimate of drug-likeness (QED) is 0.577. The molecule has 0 aromatic heterocycles. The first-order valence-electron chi connectivity index (χ1n) is 4.40. The van der Waals surface area contributed by atoms with Gasteiger partial charge in [0.05, 0.1) is 7.11 Å². The van der Waals surface area contributed by atoms with Crippen molar-refractivity contribution in [2.45, 2.75) is 19.9 Å². The Bertz CT molecular complexity index is 225. The number of fused-ring (bicyclic) bond motifs is 1. The summed E-state index contributed by atoms with van der Waals surface area (Å²) < 4.78 is 4.72. The van der Waals surface area contributed by atoms with Crippen molar-refractivity contribution < 1.29 is 9.53 Å². The van der Waals surface area contributed by atoms with E-state index < -0.39 is 0 Å². The number of carbonyl (C=O) groups is 1. The van der Waals surface area contributed by atoms with Crippen LogP contribution in [0, 0.1) is 17.3 Å². The van der Waals surface area contributed by atoms with E-state index in [1.807, 2.05) is 0 Å². The highest BCUT2D eigenvalue weighted by Gasteiger charge is 2.66. The lowest BCUT2D eigenvalue weighted by atomic mass is 10.0. The van der Waals surface area contributed by atoms with Crippen LogP contribution in [-0.2, 0) is 9.53 Å². The van der Waals surface area contributed by atoms with Crippen molar-refractivity contribution in [3.63, 3.8) is 0 Å². The Morgan fingerprint density at radius 1 is 1.58 bits per heavy atom. The SMILES string of the molecule is COC(=O)[C@H]1NCC2[C@@H]1C2(C)C. The van der Waals surface area contributed by atoms with Crippen LogP contribution in [-0.4, -0.2) is 25.7 Å². The molecule has 0 aromatic carbocycles. The van der Waals surface area contributed by atoms with Gasteiger partial charge in [-0.3, -0.25) is 4.79 Å². The van der Waals surface area contributed by atoms with Crippen LogP contribution in [0.2, 0.25) is 0 Å². The minimum Gasteiger partial charge on any atom is -0.468 e. The molecule has 12 heavy (non-hydrogen) atoms. The molecule has 1 aliphatic carbocycles. The van der Waals surface area contributed by atoms with Gasteiger partial charge in [-0.2, -0.15) is 0 Å². The maximum absolute atomic E-state index is 11.3. The predicted molar refractivity (Wildman–Crippen MR) is 44.6 cm³/mol. The first-order chi connectivity index (χ1) is 5.59. The lowest BCUT2D eigenvalue weighted by Crippen LogP contribution is -2.38. The Labute approximate surface area is 72.5 Å². The molecule has 2 rings (SSSR count). The van der Waals surface area contributed by atoms with Crippen molar-refractivity contribution in [3.05, 3.63) is 0 Å². The molecule has 1 saturated heterocycles. The van der Waals surface area contributed by atoms with E-state index in [-0.39, 0.29) is 12.0 Å². The third-order valence-corrected chi connectivity index (χ3v) is 3.51. The Hall–Kier alpha value is -0.570. The molecule has 1 unspecified atom stereocenters. The van der Waals surface area contributed by atoms with Crippen LogP contribution in [0.3, 0.4) is 0 Å². The van der Waals surface area contributed by atoms with E-state index in [0.717, 1.165) is 6.54 Å². The number of hydrogen-bond donors (Lipinski definition) is 1. The summed E-state index contributed by atoms with van der Waals surface area (Å²) in [6.45, 7) is 5.41. The van der Waals surface area contributed by atoms with E-state index in [2.05, 4.69) is 19.2 Å². The molecule has 0 radical (unpaired) electrons. The van der Waals surface area contributed by atoms with E-state index >= 15 is 0 Å². The Kier molecular flexibility index (Phi) is 1.49. The second kappa shape index (κ2) is 2.22. The number of ether oxygens (including phenoxy) is 1. The summed E-state index contributed by atoms with van der Waals surface area (Å²) in [5.41, 5.74) is 0.351. The highest BCUT2D eigenvalue weighted by molar-refractivity contribution is 5.77. The maximum Gasteiger partial charge on any atom is 0.323 e. The van der Waals surface area contributed by atoms with E-state index in [1.54, 1.807) is 0 Å². The van der Waals surface area contributed by atoms with Gasteiger partial charge in [-0.15, -0.1) is 0 Å². The molecule has 2 fully saturated rings. The lowest BCUT2D eigenvalue weighted by molar-refractivity contribution is -0.143. The summed E-state index contributed by atoms with van der Waals surface area (Å²) in [5.74, 6) is 1.08. The predicted octanol–water partition coefficient (Wildman–Crippen LogP) is 0.403. The minimum atomic E-state index is -0.104. The summed E-state index contributed by atoms with van der Waals surface area (Å²) in [6, 6.07) is -0.0463. The van der Waals surface area contributed by atoms with Gasteiger partial charge in [-0.05, 0) is 23.8 Å². The third kappa shape index (κ3) is 0.829. The van der Waals surface area contributed by atoms with Crippen LogP contribution in [0.4, 0.5) is 0 Å². The topological polar surface area (TPSA) is 38.3 Å². The van der Waals surface area contributed by atoms with Crippen molar-refractivity contribution in [1.82, 2.24) is 5.32 Å². The number of hydrogen-bond acceptors (Lipinski definition) is 3. The van der Waals surface area contributed by atoms with Gasteiger partial charge in [-0.1, -0.05) is 13.8 Å². The molecule has 0 spiro atoms. The highest BCUT2D eigenvalue weighted by Crippen LogP contribution is 2.62. The smallest absolute Gasteiger partial charge is 0.323 e. The Morgan fingerprint density at radius 3 is 2.67 bits per heavy atom. The Morgan fingerprint density at radius 2 is 2.25 bits per heavy atom. The van der Waals surface area contributed by atoms with Crippen LogP contribution in [0.1, 0.15) is 13.8 Å². The Balaban J connectivity index is 2.08. The van der Waals surface area contributed by atoms with Gasteiger partial charge in [0, 0.05) is 0 Å². The minimum absolute atomic E-state index is 0.0463. The monoisotopic (exact) mass is 169 g/mol. The van der Waals surface area contributed by atoms with Crippen LogP contribution >= 0.6 is 0 Å². The van der Waals surface area contributed by atoms with Gasteiger partial charge < -0.3 is 10.1 Å². The van der Waals surface area contributed by atoms with Crippen LogP contribution in [0.25, 0.3) is 0 Å². The fourth-order valence-corrected chi connectivity index (χ4v) is 2.58. The van der Waals surface area contributed by atoms with Gasteiger partial charge in [0.1, 0.15) is 6.04 Å². The molecule has 3 nitrogen and oxygen atoms in total. The molecule has 2 aliphatic rings. The van der Waals surface area contributed by atoms with Gasteiger partial charge in [0.15, 0.2) is 0 Å². The zero-order valence-corrected chi connectivity index (χ0v) is 7.76. The average molecular weight is 169 g/mol. The summed E-state index contributed by atoms with van der Waals surface area (Å²) in [4.78, 5) is 11.3. The van der Waals surface area contributed by atoms with Crippen LogP contribution < -0.4 is 5.32 Å². The normalized spacial score (nSPS) is 42.1. The number of methoxy groups -OCH3 is 1. The van der Waals surface area contributed by atoms with Crippen molar-refractivity contribution in [1.29, 1.82) is 0 Å². The molecular formula is C9H15NO2. The molecule has 0 bridgehead atoms. The van der Waals surface area contributed by atoms with Crippen molar-refractivity contribution in [2.75, 3.05) is 13.7 Å². The number of rotatable bonds is 1. The first kappa shape index (κ1) is 8.05. The van der Waals surface area contributed by atoms with Crippen molar-refractivity contribution in [3.8, 4) is 0 Å². The second-order valence-corrected chi connectivity index (χ2v) is 4.36. The fraction of sp³-hybridized carbons (Fsp3) is 0.889. The second-order valence-electron chi connectivity index (χ2n) is 4.36. The summed E-state index contributed by atoms with van der Waals surface area (Å²) in [6.07, 6.45) is 0. The molecule has 1 aliphatic heterocycles. The fourth-order valence-electron chi connectivity index (χ4n) is 2.58. The van der Waals surface area contributed by atoms with E-state index in [0.29, 0.717) is 17.3 Å². The average Bonchev–Trinajstić information content (AvgIpc) is 2.52. The molecule has 68 valence electrons. The van der Waals surface area contributed by atoms with Crippen LogP contribution in [0.5, 0.6) is 0 Å². The van der Waals surface area contributed by atoms with E-state index in [1.165, 1.54) is 7.11 Å². The molecule has 3 heteroatoms. The van der Waals surface area contributed by atoms with Gasteiger partial charge >= 0.3 is 5.97 Å². The maximum atomic E-state index is 11.3. The van der Waals surface area contributed by atoms with Gasteiger partial charge in [-0.25, -0.2) is 0 Å². The third-order valence-electron chi connectivity index (χ3n) is 3.51. The van der Waals surface area contributed by atoms with Gasteiger partial charge in [0.25, 0.3) is 0 Å². The zero-order chi connectivity index (χ0) is 8.93. The highest BCUT2D eigenvalue weighted by atomic mass is 16.5. The molecule has 1 heterocycles. The molecule has 1 saturated carbocycles. The zero-order valence-electron chi connectivity index (χ0n) is 7.76. The number of nitrogens with one attached hydrogen (secondary N) is 1. The number of esters is 1. The van der Waals surface area contributed by atoms with E-state index in [9.17, 15) is 4.79 Å². The van der Waals surface area contributed by atoms with Crippen LogP contribution in [0.15, 0.2) is 0 Å². The molecular weight excluding hydrogens is 154 g/mol. The largest absolute Gasteiger partial charge is 0.468 e. The summed E-state index contributed by atoms with van der Waals surface area (Å²) in [5, 5.41) is 3.19. The standard InChI is InChI=1S/C9H15NO2/c1-9(2)5-4-10-7(6(5)9)8(11)12-3/h5-7,10H,4H2,1-3H3/t5?,6-,7-/m0/s1. The lowest BCUT2D eigenvalue weighted by Gasteiger charge is -2.16. The van der Waals surface area contributed by atoms with E-state index in [4.69, 9.17) is 4.74 Å².